The van der Waals surface area contributed by atoms with E-state index in [1.807, 2.05) is 11.8 Å². The van der Waals surface area contributed by atoms with Gasteiger partial charge in [-0.25, -0.2) is 4.68 Å². The van der Waals surface area contributed by atoms with Crippen molar-refractivity contribution in [2.75, 3.05) is 11.4 Å². The minimum absolute atomic E-state index is 0.111. The maximum Gasteiger partial charge on any atom is 0.333 e. The number of hydrogen-bond acceptors (Lipinski definition) is 5. The quantitative estimate of drug-likeness (QED) is 0.626. The van der Waals surface area contributed by atoms with Crippen LogP contribution >= 0.6 is 0 Å². The third kappa shape index (κ3) is 2.05. The van der Waals surface area contributed by atoms with Gasteiger partial charge in [0.15, 0.2) is 0 Å². The summed E-state index contributed by atoms with van der Waals surface area (Å²) in [6, 6.07) is 0.381. The van der Waals surface area contributed by atoms with Crippen LogP contribution in [0.5, 0.6) is 0 Å². The van der Waals surface area contributed by atoms with Crippen LogP contribution in [0.15, 0.2) is 0 Å². The largest absolute Gasteiger partial charge is 0.348 e. The number of nitro groups is 1. The smallest absolute Gasteiger partial charge is 0.333 e. The van der Waals surface area contributed by atoms with Crippen molar-refractivity contribution >= 4 is 11.5 Å². The minimum Gasteiger partial charge on any atom is -0.348 e. The van der Waals surface area contributed by atoms with Crippen LogP contribution in [0, 0.1) is 17.0 Å². The van der Waals surface area contributed by atoms with Crippen LogP contribution in [-0.4, -0.2) is 33.3 Å². The summed E-state index contributed by atoms with van der Waals surface area (Å²) in [5.41, 5.74) is 6.49. The van der Waals surface area contributed by atoms with Gasteiger partial charge in [-0.05, 0) is 26.7 Å². The number of hydrogen-bond donors (Lipinski definition) is 1. The second-order valence-electron chi connectivity index (χ2n) is 4.97. The molecule has 2 rings (SSSR count). The summed E-state index contributed by atoms with van der Waals surface area (Å²) in [6.07, 6.45) is 1.70. The highest BCUT2D eigenvalue weighted by Crippen LogP contribution is 2.34. The Hall–Kier alpha value is -1.63. The number of piperidine rings is 1. The van der Waals surface area contributed by atoms with Gasteiger partial charge in [-0.3, -0.25) is 10.1 Å². The lowest BCUT2D eigenvalue weighted by Crippen LogP contribution is -2.46. The van der Waals surface area contributed by atoms with Gasteiger partial charge >= 0.3 is 5.69 Å². The molecule has 1 aliphatic rings. The van der Waals surface area contributed by atoms with Crippen LogP contribution < -0.4 is 10.6 Å². The van der Waals surface area contributed by atoms with Gasteiger partial charge in [0.05, 0.1) is 4.92 Å². The Morgan fingerprint density at radius 1 is 1.56 bits per heavy atom. The molecule has 100 valence electrons. The highest BCUT2D eigenvalue weighted by atomic mass is 16.6. The fourth-order valence-electron chi connectivity index (χ4n) is 2.69. The summed E-state index contributed by atoms with van der Waals surface area (Å²) in [4.78, 5) is 12.9. The lowest BCUT2D eigenvalue weighted by molar-refractivity contribution is -0.384. The molecular weight excluding hydrogens is 234 g/mol. The van der Waals surface area contributed by atoms with E-state index in [1.165, 1.54) is 0 Å². The van der Waals surface area contributed by atoms with E-state index in [1.54, 1.807) is 18.7 Å². The standard InChI is InChI=1S/C11H19N5O2/c1-7-6-9(12)4-5-15(7)11-10(16(17)18)8(2)13-14(11)3/h7,9H,4-6,12H2,1-3H3. The summed E-state index contributed by atoms with van der Waals surface area (Å²) in [7, 11) is 1.75. The molecule has 7 nitrogen and oxygen atoms in total. The molecule has 1 fully saturated rings. The molecule has 0 spiro atoms. The van der Waals surface area contributed by atoms with Crippen LogP contribution in [-0.2, 0) is 7.05 Å². The average molecular weight is 253 g/mol. The zero-order valence-electron chi connectivity index (χ0n) is 11.0. The Bertz CT molecular complexity index is 470. The van der Waals surface area contributed by atoms with Crippen LogP contribution in [0.1, 0.15) is 25.5 Å². The van der Waals surface area contributed by atoms with Crippen LogP contribution in [0.25, 0.3) is 0 Å². The van der Waals surface area contributed by atoms with Crippen molar-refractivity contribution in [1.29, 1.82) is 0 Å². The first-order valence-corrected chi connectivity index (χ1v) is 6.12. The number of nitrogens with zero attached hydrogens (tertiary/aromatic N) is 4. The SMILES string of the molecule is Cc1nn(C)c(N2CCC(N)CC2C)c1[N+](=O)[O-]. The molecule has 0 amide bonds. The zero-order valence-corrected chi connectivity index (χ0v) is 11.0. The Labute approximate surface area is 106 Å². The molecule has 7 heteroatoms. The van der Waals surface area contributed by atoms with E-state index in [0.29, 0.717) is 11.5 Å². The summed E-state index contributed by atoms with van der Waals surface area (Å²) in [5, 5.41) is 15.3. The monoisotopic (exact) mass is 253 g/mol. The van der Waals surface area contributed by atoms with E-state index < -0.39 is 0 Å². The first-order valence-electron chi connectivity index (χ1n) is 6.12. The van der Waals surface area contributed by atoms with Crippen molar-refractivity contribution in [2.24, 2.45) is 12.8 Å². The highest BCUT2D eigenvalue weighted by molar-refractivity contribution is 5.62. The number of anilines is 1. The normalized spacial score (nSPS) is 24.3. The summed E-state index contributed by atoms with van der Waals surface area (Å²) >= 11 is 0. The van der Waals surface area contributed by atoms with E-state index in [2.05, 4.69) is 5.10 Å². The van der Waals surface area contributed by atoms with Gasteiger partial charge in [-0.2, -0.15) is 5.10 Å². The van der Waals surface area contributed by atoms with Gasteiger partial charge in [0.2, 0.25) is 5.82 Å². The molecular formula is C11H19N5O2. The van der Waals surface area contributed by atoms with E-state index in [4.69, 9.17) is 5.73 Å². The summed E-state index contributed by atoms with van der Waals surface area (Å²) < 4.78 is 1.60. The Kier molecular flexibility index (Phi) is 3.25. The fraction of sp³-hybridized carbons (Fsp3) is 0.727. The average Bonchev–Trinajstić information content (AvgIpc) is 2.53. The summed E-state index contributed by atoms with van der Waals surface area (Å²) in [6.45, 7) is 4.45. The Balaban J connectivity index is 2.41. The zero-order chi connectivity index (χ0) is 13.4. The molecule has 0 saturated carbocycles. The lowest BCUT2D eigenvalue weighted by Gasteiger charge is -2.37. The van der Waals surface area contributed by atoms with Crippen molar-refractivity contribution in [1.82, 2.24) is 9.78 Å². The van der Waals surface area contributed by atoms with Crippen molar-refractivity contribution in [3.63, 3.8) is 0 Å². The molecule has 1 saturated heterocycles. The predicted octanol–water partition coefficient (Wildman–Crippen LogP) is 0.953. The molecule has 0 radical (unpaired) electrons. The summed E-state index contributed by atoms with van der Waals surface area (Å²) in [5.74, 6) is 0.594. The molecule has 0 aliphatic carbocycles. The first kappa shape index (κ1) is 12.8. The topological polar surface area (TPSA) is 90.2 Å². The highest BCUT2D eigenvalue weighted by Gasteiger charge is 2.33. The number of aryl methyl sites for hydroxylation is 2. The number of aromatic nitrogens is 2. The molecule has 2 heterocycles. The third-order valence-electron chi connectivity index (χ3n) is 3.53. The molecule has 0 bridgehead atoms. The molecule has 2 atom stereocenters. The van der Waals surface area contributed by atoms with Gasteiger partial charge in [0, 0.05) is 25.7 Å². The van der Waals surface area contributed by atoms with Crippen molar-refractivity contribution in [3.05, 3.63) is 15.8 Å². The van der Waals surface area contributed by atoms with Gasteiger partial charge in [-0.1, -0.05) is 0 Å². The van der Waals surface area contributed by atoms with E-state index in [-0.39, 0.29) is 22.7 Å². The Morgan fingerprint density at radius 3 is 2.78 bits per heavy atom. The maximum absolute atomic E-state index is 11.2. The van der Waals surface area contributed by atoms with Crippen LogP contribution in [0.2, 0.25) is 0 Å². The predicted molar refractivity (Wildman–Crippen MR) is 68.6 cm³/mol. The molecule has 2 N–H and O–H groups in total. The fourth-order valence-corrected chi connectivity index (χ4v) is 2.69. The van der Waals surface area contributed by atoms with Crippen molar-refractivity contribution < 1.29 is 4.92 Å². The van der Waals surface area contributed by atoms with E-state index >= 15 is 0 Å². The lowest BCUT2D eigenvalue weighted by atomic mass is 9.99. The van der Waals surface area contributed by atoms with Crippen LogP contribution in [0.3, 0.4) is 0 Å². The minimum atomic E-state index is -0.348. The van der Waals surface area contributed by atoms with Crippen molar-refractivity contribution in [3.8, 4) is 0 Å². The third-order valence-corrected chi connectivity index (χ3v) is 3.53. The molecule has 18 heavy (non-hydrogen) atoms. The first-order chi connectivity index (χ1) is 8.41. The second kappa shape index (κ2) is 4.56. The van der Waals surface area contributed by atoms with E-state index in [0.717, 1.165) is 19.4 Å². The Morgan fingerprint density at radius 2 is 2.22 bits per heavy atom. The molecule has 1 aromatic heterocycles. The molecule has 1 aliphatic heterocycles. The van der Waals surface area contributed by atoms with Crippen molar-refractivity contribution in [2.45, 2.75) is 38.8 Å². The number of rotatable bonds is 2. The molecule has 0 aromatic carbocycles. The van der Waals surface area contributed by atoms with Gasteiger partial charge in [0.1, 0.15) is 5.69 Å². The molecule has 1 aromatic rings. The number of nitrogens with two attached hydrogens (primary N) is 1. The molecule has 2 unspecified atom stereocenters. The maximum atomic E-state index is 11.2. The van der Waals surface area contributed by atoms with Gasteiger partial charge in [0.25, 0.3) is 0 Å². The van der Waals surface area contributed by atoms with Crippen LogP contribution in [0.4, 0.5) is 11.5 Å². The van der Waals surface area contributed by atoms with E-state index in [9.17, 15) is 10.1 Å². The second-order valence-corrected chi connectivity index (χ2v) is 4.97. The van der Waals surface area contributed by atoms with Gasteiger partial charge in [-0.15, -0.1) is 0 Å². The van der Waals surface area contributed by atoms with Gasteiger partial charge < -0.3 is 10.6 Å².